The zero-order valence-electron chi connectivity index (χ0n) is 9.58. The molecule has 0 spiro atoms. The van der Waals surface area contributed by atoms with Crippen molar-refractivity contribution in [2.75, 3.05) is 32.7 Å². The maximum atomic E-state index is 6.14. The lowest BCUT2D eigenvalue weighted by Crippen LogP contribution is -2.30. The van der Waals surface area contributed by atoms with Crippen molar-refractivity contribution >= 4 is 11.6 Å². The van der Waals surface area contributed by atoms with E-state index in [9.17, 15) is 0 Å². The van der Waals surface area contributed by atoms with Crippen molar-refractivity contribution in [3.05, 3.63) is 34.9 Å². The molecule has 16 heavy (non-hydrogen) atoms. The molecular weight excluding hydrogens is 220 g/mol. The summed E-state index contributed by atoms with van der Waals surface area (Å²) in [4.78, 5) is 2.52. The Morgan fingerprint density at radius 3 is 2.94 bits per heavy atom. The van der Waals surface area contributed by atoms with Gasteiger partial charge >= 0.3 is 0 Å². The van der Waals surface area contributed by atoms with E-state index in [1.807, 2.05) is 12.1 Å². The molecule has 2 nitrogen and oxygen atoms in total. The van der Waals surface area contributed by atoms with E-state index < -0.39 is 0 Å². The molecule has 0 aliphatic carbocycles. The Morgan fingerprint density at radius 2 is 2.06 bits per heavy atom. The highest BCUT2D eigenvalue weighted by Crippen LogP contribution is 2.15. The lowest BCUT2D eigenvalue weighted by Gasteiger charge is -2.19. The van der Waals surface area contributed by atoms with Gasteiger partial charge in [-0.2, -0.15) is 0 Å². The van der Waals surface area contributed by atoms with Crippen LogP contribution in [0.4, 0.5) is 0 Å². The van der Waals surface area contributed by atoms with Crippen molar-refractivity contribution in [1.29, 1.82) is 0 Å². The van der Waals surface area contributed by atoms with E-state index in [0.717, 1.165) is 37.6 Å². The summed E-state index contributed by atoms with van der Waals surface area (Å²) < 4.78 is 0. The number of rotatable bonds is 3. The molecule has 1 heterocycles. The molecule has 0 radical (unpaired) electrons. The van der Waals surface area contributed by atoms with Crippen molar-refractivity contribution < 1.29 is 0 Å². The fourth-order valence-electron chi connectivity index (χ4n) is 2.10. The molecule has 0 aromatic heterocycles. The molecule has 0 bridgehead atoms. The monoisotopic (exact) mass is 238 g/mol. The van der Waals surface area contributed by atoms with Crippen molar-refractivity contribution in [3.63, 3.8) is 0 Å². The van der Waals surface area contributed by atoms with E-state index in [-0.39, 0.29) is 0 Å². The zero-order valence-corrected chi connectivity index (χ0v) is 10.3. The Morgan fingerprint density at radius 1 is 1.19 bits per heavy atom. The van der Waals surface area contributed by atoms with Crippen LogP contribution in [0.25, 0.3) is 0 Å². The minimum Gasteiger partial charge on any atom is -0.315 e. The third-order valence-electron chi connectivity index (χ3n) is 3.09. The lowest BCUT2D eigenvalue weighted by atomic mass is 10.1. The average Bonchev–Trinajstić information content (AvgIpc) is 2.56. The van der Waals surface area contributed by atoms with Crippen LogP contribution in [0.15, 0.2) is 24.3 Å². The number of nitrogens with one attached hydrogen (secondary N) is 1. The first kappa shape index (κ1) is 11.9. The van der Waals surface area contributed by atoms with Gasteiger partial charge in [0.15, 0.2) is 0 Å². The van der Waals surface area contributed by atoms with E-state index in [4.69, 9.17) is 11.6 Å². The SMILES string of the molecule is Clc1ccccc1CCN1CCCNCC1. The summed E-state index contributed by atoms with van der Waals surface area (Å²) in [5.74, 6) is 0. The van der Waals surface area contributed by atoms with Crippen molar-refractivity contribution in [1.82, 2.24) is 10.2 Å². The fourth-order valence-corrected chi connectivity index (χ4v) is 2.34. The molecule has 1 aromatic carbocycles. The molecule has 1 saturated heterocycles. The molecule has 0 unspecified atom stereocenters. The van der Waals surface area contributed by atoms with E-state index in [2.05, 4.69) is 22.3 Å². The first-order valence-corrected chi connectivity index (χ1v) is 6.40. The van der Waals surface area contributed by atoms with Crippen LogP contribution >= 0.6 is 11.6 Å². The minimum atomic E-state index is 0.899. The lowest BCUT2D eigenvalue weighted by molar-refractivity contribution is 0.296. The van der Waals surface area contributed by atoms with Gasteiger partial charge in [0, 0.05) is 24.7 Å². The van der Waals surface area contributed by atoms with Gasteiger partial charge < -0.3 is 10.2 Å². The topological polar surface area (TPSA) is 15.3 Å². The van der Waals surface area contributed by atoms with E-state index >= 15 is 0 Å². The molecule has 1 N–H and O–H groups in total. The van der Waals surface area contributed by atoms with Crippen LogP contribution in [0.2, 0.25) is 5.02 Å². The van der Waals surface area contributed by atoms with Gasteiger partial charge in [0.25, 0.3) is 0 Å². The third-order valence-corrected chi connectivity index (χ3v) is 3.46. The fraction of sp³-hybridized carbons (Fsp3) is 0.538. The molecule has 0 amide bonds. The number of benzene rings is 1. The number of hydrogen-bond acceptors (Lipinski definition) is 2. The van der Waals surface area contributed by atoms with Crippen molar-refractivity contribution in [3.8, 4) is 0 Å². The summed E-state index contributed by atoms with van der Waals surface area (Å²) in [5, 5.41) is 4.32. The number of hydrogen-bond donors (Lipinski definition) is 1. The molecule has 88 valence electrons. The van der Waals surface area contributed by atoms with Gasteiger partial charge in [-0.3, -0.25) is 0 Å². The summed E-state index contributed by atoms with van der Waals surface area (Å²) in [6.07, 6.45) is 2.31. The molecule has 1 fully saturated rings. The first-order chi connectivity index (χ1) is 7.86. The van der Waals surface area contributed by atoms with Crippen molar-refractivity contribution in [2.24, 2.45) is 0 Å². The average molecular weight is 239 g/mol. The Bertz CT molecular complexity index is 319. The number of halogens is 1. The van der Waals surface area contributed by atoms with Gasteiger partial charge in [-0.05, 0) is 37.6 Å². The summed E-state index contributed by atoms with van der Waals surface area (Å²) in [5.41, 5.74) is 1.27. The van der Waals surface area contributed by atoms with Gasteiger partial charge in [-0.1, -0.05) is 29.8 Å². The Hall–Kier alpha value is -0.570. The van der Waals surface area contributed by atoms with Gasteiger partial charge in [-0.25, -0.2) is 0 Å². The molecule has 2 rings (SSSR count). The van der Waals surface area contributed by atoms with Crippen LogP contribution in [0.5, 0.6) is 0 Å². The normalized spacial score (nSPS) is 18.3. The Balaban J connectivity index is 1.84. The summed E-state index contributed by atoms with van der Waals surface area (Å²) in [6.45, 7) is 5.75. The second-order valence-electron chi connectivity index (χ2n) is 4.29. The van der Waals surface area contributed by atoms with Gasteiger partial charge in [0.2, 0.25) is 0 Å². The second-order valence-corrected chi connectivity index (χ2v) is 4.69. The summed E-state index contributed by atoms with van der Waals surface area (Å²) >= 11 is 6.14. The van der Waals surface area contributed by atoms with Gasteiger partial charge in [0.1, 0.15) is 0 Å². The van der Waals surface area contributed by atoms with Gasteiger partial charge in [-0.15, -0.1) is 0 Å². The molecule has 3 heteroatoms. The van der Waals surface area contributed by atoms with Gasteiger partial charge in [0.05, 0.1) is 0 Å². The van der Waals surface area contributed by atoms with Crippen LogP contribution in [-0.4, -0.2) is 37.6 Å². The summed E-state index contributed by atoms with van der Waals surface area (Å²) in [7, 11) is 0. The smallest absolute Gasteiger partial charge is 0.0438 e. The maximum absolute atomic E-state index is 6.14. The molecule has 0 saturated carbocycles. The quantitative estimate of drug-likeness (QED) is 0.869. The third kappa shape index (κ3) is 3.48. The van der Waals surface area contributed by atoms with Crippen LogP contribution in [0.1, 0.15) is 12.0 Å². The van der Waals surface area contributed by atoms with E-state index in [0.29, 0.717) is 0 Å². The minimum absolute atomic E-state index is 0.899. The van der Waals surface area contributed by atoms with Crippen LogP contribution < -0.4 is 5.32 Å². The largest absolute Gasteiger partial charge is 0.315 e. The maximum Gasteiger partial charge on any atom is 0.0438 e. The standard InChI is InChI=1S/C13H19ClN2/c14-13-5-2-1-4-12(13)6-10-16-9-3-7-15-8-11-16/h1-2,4-5,15H,3,6-11H2. The van der Waals surface area contributed by atoms with E-state index in [1.165, 1.54) is 18.5 Å². The van der Waals surface area contributed by atoms with Crippen molar-refractivity contribution in [2.45, 2.75) is 12.8 Å². The molecule has 1 aliphatic heterocycles. The summed E-state index contributed by atoms with van der Waals surface area (Å²) in [6, 6.07) is 8.14. The first-order valence-electron chi connectivity index (χ1n) is 6.03. The zero-order chi connectivity index (χ0) is 11.2. The van der Waals surface area contributed by atoms with Crippen LogP contribution in [0.3, 0.4) is 0 Å². The van der Waals surface area contributed by atoms with E-state index in [1.54, 1.807) is 0 Å². The highest BCUT2D eigenvalue weighted by Gasteiger charge is 2.08. The highest BCUT2D eigenvalue weighted by atomic mass is 35.5. The Labute approximate surface area is 103 Å². The molecule has 1 aliphatic rings. The predicted octanol–water partition coefficient (Wildman–Crippen LogP) is 2.18. The number of nitrogens with zero attached hydrogens (tertiary/aromatic N) is 1. The Kier molecular flexibility index (Phi) is 4.64. The molecule has 0 atom stereocenters. The molecule has 1 aromatic rings. The highest BCUT2D eigenvalue weighted by molar-refractivity contribution is 6.31. The second kappa shape index (κ2) is 6.24. The van der Waals surface area contributed by atoms with Crippen LogP contribution in [0, 0.1) is 0 Å². The predicted molar refractivity (Wildman–Crippen MR) is 69.1 cm³/mol. The molecular formula is C13H19ClN2. The van der Waals surface area contributed by atoms with Crippen LogP contribution in [-0.2, 0) is 6.42 Å².